The number of hydrogen-bond donors (Lipinski definition) is 1. The minimum atomic E-state index is 0.465. The Balaban J connectivity index is 2.40. The SMILES string of the molecule is CC1Cc2sc(Cl)cc2C(C)N1. The lowest BCUT2D eigenvalue weighted by atomic mass is 10.00. The summed E-state index contributed by atoms with van der Waals surface area (Å²) in [6, 6.07) is 3.14. The minimum Gasteiger partial charge on any atom is -0.307 e. The molecule has 12 heavy (non-hydrogen) atoms. The first-order valence-electron chi connectivity index (χ1n) is 4.21. The molecule has 2 atom stereocenters. The average Bonchev–Trinajstić information content (AvgIpc) is 2.29. The third kappa shape index (κ3) is 1.39. The fourth-order valence-corrected chi connectivity index (χ4v) is 3.29. The van der Waals surface area contributed by atoms with Gasteiger partial charge in [0.25, 0.3) is 0 Å². The van der Waals surface area contributed by atoms with E-state index in [1.807, 2.05) is 0 Å². The van der Waals surface area contributed by atoms with Crippen molar-refractivity contribution in [3.05, 3.63) is 20.8 Å². The maximum Gasteiger partial charge on any atom is 0.0934 e. The molecule has 0 saturated heterocycles. The van der Waals surface area contributed by atoms with Crippen LogP contribution in [0.5, 0.6) is 0 Å². The van der Waals surface area contributed by atoms with E-state index in [1.165, 1.54) is 10.4 Å². The highest BCUT2D eigenvalue weighted by Gasteiger charge is 2.22. The van der Waals surface area contributed by atoms with Gasteiger partial charge in [0.05, 0.1) is 4.34 Å². The van der Waals surface area contributed by atoms with Crippen molar-refractivity contribution in [2.24, 2.45) is 0 Å². The third-order valence-electron chi connectivity index (χ3n) is 2.30. The van der Waals surface area contributed by atoms with Crippen molar-refractivity contribution in [3.8, 4) is 0 Å². The number of hydrogen-bond acceptors (Lipinski definition) is 2. The summed E-state index contributed by atoms with van der Waals surface area (Å²) in [5.74, 6) is 0. The topological polar surface area (TPSA) is 12.0 Å². The van der Waals surface area contributed by atoms with Crippen LogP contribution in [-0.4, -0.2) is 6.04 Å². The number of rotatable bonds is 0. The monoisotopic (exact) mass is 201 g/mol. The molecule has 0 bridgehead atoms. The average molecular weight is 202 g/mol. The Morgan fingerprint density at radius 1 is 1.58 bits per heavy atom. The molecule has 1 aromatic heterocycles. The van der Waals surface area contributed by atoms with Crippen molar-refractivity contribution in [1.29, 1.82) is 0 Å². The van der Waals surface area contributed by atoms with Crippen LogP contribution in [-0.2, 0) is 6.42 Å². The van der Waals surface area contributed by atoms with Crippen molar-refractivity contribution >= 4 is 22.9 Å². The first kappa shape index (κ1) is 8.54. The van der Waals surface area contributed by atoms with Crippen LogP contribution in [0.2, 0.25) is 4.34 Å². The van der Waals surface area contributed by atoms with E-state index in [-0.39, 0.29) is 0 Å². The van der Waals surface area contributed by atoms with Crippen molar-refractivity contribution < 1.29 is 0 Å². The van der Waals surface area contributed by atoms with E-state index in [4.69, 9.17) is 11.6 Å². The zero-order chi connectivity index (χ0) is 8.72. The Kier molecular flexibility index (Phi) is 2.15. The minimum absolute atomic E-state index is 0.465. The Morgan fingerprint density at radius 2 is 2.33 bits per heavy atom. The van der Waals surface area contributed by atoms with Gasteiger partial charge in [-0.3, -0.25) is 0 Å². The lowest BCUT2D eigenvalue weighted by Crippen LogP contribution is -2.34. The fraction of sp³-hybridized carbons (Fsp3) is 0.556. The molecular weight excluding hydrogens is 190 g/mol. The Hall–Kier alpha value is -0.0500. The molecule has 1 aliphatic rings. The zero-order valence-electron chi connectivity index (χ0n) is 7.23. The molecule has 0 aliphatic carbocycles. The third-order valence-corrected chi connectivity index (χ3v) is 3.61. The highest BCUT2D eigenvalue weighted by molar-refractivity contribution is 7.16. The molecule has 0 spiro atoms. The summed E-state index contributed by atoms with van der Waals surface area (Å²) in [7, 11) is 0. The molecule has 1 aliphatic heterocycles. The molecule has 1 aromatic rings. The fourth-order valence-electron chi connectivity index (χ4n) is 1.79. The van der Waals surface area contributed by atoms with Gasteiger partial charge in [0.15, 0.2) is 0 Å². The van der Waals surface area contributed by atoms with E-state index >= 15 is 0 Å². The summed E-state index contributed by atoms with van der Waals surface area (Å²) in [6.07, 6.45) is 1.12. The quantitative estimate of drug-likeness (QED) is 0.681. The molecule has 0 amide bonds. The lowest BCUT2D eigenvalue weighted by Gasteiger charge is -2.26. The van der Waals surface area contributed by atoms with Crippen LogP contribution in [0.1, 0.15) is 30.3 Å². The molecule has 3 heteroatoms. The van der Waals surface area contributed by atoms with E-state index in [1.54, 1.807) is 11.3 Å². The summed E-state index contributed by atoms with van der Waals surface area (Å²) in [5, 5.41) is 3.50. The molecule has 0 saturated carbocycles. The Morgan fingerprint density at radius 3 is 3.08 bits per heavy atom. The summed E-state index contributed by atoms with van der Waals surface area (Å²) in [5.41, 5.74) is 1.39. The molecule has 1 N–H and O–H groups in total. The molecule has 2 unspecified atom stereocenters. The highest BCUT2D eigenvalue weighted by atomic mass is 35.5. The van der Waals surface area contributed by atoms with Crippen LogP contribution in [0, 0.1) is 0 Å². The Labute approximate surface area is 81.7 Å². The molecular formula is C9H12ClNS. The molecule has 1 nitrogen and oxygen atoms in total. The lowest BCUT2D eigenvalue weighted by molar-refractivity contribution is 0.451. The molecule has 0 radical (unpaired) electrons. The first-order valence-corrected chi connectivity index (χ1v) is 5.40. The van der Waals surface area contributed by atoms with Crippen molar-refractivity contribution in [3.63, 3.8) is 0 Å². The smallest absolute Gasteiger partial charge is 0.0934 e. The van der Waals surface area contributed by atoms with Gasteiger partial charge in [-0.15, -0.1) is 11.3 Å². The number of fused-ring (bicyclic) bond motifs is 1. The summed E-state index contributed by atoms with van der Waals surface area (Å²) in [6.45, 7) is 4.41. The van der Waals surface area contributed by atoms with E-state index in [0.717, 1.165) is 10.8 Å². The summed E-state index contributed by atoms with van der Waals surface area (Å²) in [4.78, 5) is 1.46. The normalized spacial score (nSPS) is 28.6. The molecule has 0 fully saturated rings. The number of nitrogens with one attached hydrogen (secondary N) is 1. The molecule has 66 valence electrons. The van der Waals surface area contributed by atoms with Crippen LogP contribution < -0.4 is 5.32 Å². The van der Waals surface area contributed by atoms with Gasteiger partial charge in [-0.25, -0.2) is 0 Å². The molecule has 0 aromatic carbocycles. The van der Waals surface area contributed by atoms with Crippen LogP contribution in [0.25, 0.3) is 0 Å². The van der Waals surface area contributed by atoms with Gasteiger partial charge in [0, 0.05) is 17.0 Å². The second kappa shape index (κ2) is 3.02. The Bertz CT molecular complexity index is 295. The number of halogens is 1. The van der Waals surface area contributed by atoms with E-state index in [2.05, 4.69) is 25.2 Å². The van der Waals surface area contributed by atoms with Crippen LogP contribution in [0.4, 0.5) is 0 Å². The van der Waals surface area contributed by atoms with E-state index < -0.39 is 0 Å². The molecule has 2 heterocycles. The van der Waals surface area contributed by atoms with Gasteiger partial charge in [-0.05, 0) is 31.9 Å². The van der Waals surface area contributed by atoms with Gasteiger partial charge in [0.2, 0.25) is 0 Å². The van der Waals surface area contributed by atoms with E-state index in [9.17, 15) is 0 Å². The molecule has 2 rings (SSSR count). The van der Waals surface area contributed by atoms with Gasteiger partial charge in [-0.1, -0.05) is 11.6 Å². The highest BCUT2D eigenvalue weighted by Crippen LogP contribution is 2.34. The van der Waals surface area contributed by atoms with Gasteiger partial charge in [-0.2, -0.15) is 0 Å². The van der Waals surface area contributed by atoms with Crippen molar-refractivity contribution in [2.75, 3.05) is 0 Å². The maximum atomic E-state index is 5.95. The predicted octanol–water partition coefficient (Wildman–Crippen LogP) is 3.00. The number of thiophene rings is 1. The second-order valence-corrected chi connectivity index (χ2v) is 5.19. The van der Waals surface area contributed by atoms with Crippen molar-refractivity contribution in [2.45, 2.75) is 32.4 Å². The van der Waals surface area contributed by atoms with E-state index in [0.29, 0.717) is 12.1 Å². The van der Waals surface area contributed by atoms with Crippen LogP contribution in [0.3, 0.4) is 0 Å². The van der Waals surface area contributed by atoms with Crippen LogP contribution in [0.15, 0.2) is 6.07 Å². The first-order chi connectivity index (χ1) is 5.66. The largest absolute Gasteiger partial charge is 0.307 e. The van der Waals surface area contributed by atoms with Gasteiger partial charge in [0.1, 0.15) is 0 Å². The second-order valence-electron chi connectivity index (χ2n) is 3.42. The van der Waals surface area contributed by atoms with Gasteiger partial charge >= 0.3 is 0 Å². The summed E-state index contributed by atoms with van der Waals surface area (Å²) >= 11 is 7.68. The predicted molar refractivity (Wildman–Crippen MR) is 54.0 cm³/mol. The standard InChI is InChI=1S/C9H12ClNS/c1-5-3-8-7(6(2)11-5)4-9(10)12-8/h4-6,11H,3H2,1-2H3. The maximum absolute atomic E-state index is 5.95. The van der Waals surface area contributed by atoms with Gasteiger partial charge < -0.3 is 5.32 Å². The zero-order valence-corrected chi connectivity index (χ0v) is 8.80. The van der Waals surface area contributed by atoms with Crippen LogP contribution >= 0.6 is 22.9 Å². The van der Waals surface area contributed by atoms with Crippen molar-refractivity contribution in [1.82, 2.24) is 5.32 Å². The summed E-state index contributed by atoms with van der Waals surface area (Å²) < 4.78 is 0.919.